The number of halogens is 3. The van der Waals surface area contributed by atoms with E-state index in [0.717, 1.165) is 16.5 Å². The van der Waals surface area contributed by atoms with E-state index in [0.29, 0.717) is 47.3 Å². The summed E-state index contributed by atoms with van der Waals surface area (Å²) >= 11 is 6.78. The highest BCUT2D eigenvalue weighted by Gasteiger charge is 2.34. The van der Waals surface area contributed by atoms with E-state index in [4.69, 9.17) is 17.0 Å². The third-order valence-corrected chi connectivity index (χ3v) is 6.13. The summed E-state index contributed by atoms with van der Waals surface area (Å²) in [5.74, 6) is -0.432. The van der Waals surface area contributed by atoms with Gasteiger partial charge in [-0.15, -0.1) is 11.3 Å². The van der Waals surface area contributed by atoms with Crippen LogP contribution >= 0.6 is 23.6 Å². The third kappa shape index (κ3) is 7.04. The fourth-order valence-electron chi connectivity index (χ4n) is 3.23. The van der Waals surface area contributed by atoms with Gasteiger partial charge in [0.1, 0.15) is 5.00 Å². The number of aromatic nitrogens is 2. The monoisotopic (exact) mass is 510 g/mol. The fourth-order valence-corrected chi connectivity index (χ4v) is 4.58. The van der Waals surface area contributed by atoms with Gasteiger partial charge >= 0.3 is 12.1 Å². The minimum absolute atomic E-state index is 0.258. The van der Waals surface area contributed by atoms with Crippen LogP contribution in [0.4, 0.5) is 18.2 Å². The van der Waals surface area contributed by atoms with E-state index < -0.39 is 17.8 Å². The van der Waals surface area contributed by atoms with Crippen molar-refractivity contribution in [2.75, 3.05) is 18.5 Å². The zero-order valence-electron chi connectivity index (χ0n) is 18.7. The molecule has 2 N–H and O–H groups in total. The molecule has 0 aliphatic rings. The van der Waals surface area contributed by atoms with Crippen LogP contribution in [-0.2, 0) is 23.9 Å². The molecule has 0 fully saturated rings. The standard InChI is InChI=1S/C23H25F3N4O2S2/c1-3-32-21(31)18-14-17(13-16-8-5-4-6-9-16)34-20(18)28-22(33)27-10-7-11-30-15(2)12-19(29-30)23(24,25)26/h4-6,8-9,12,14H,3,7,10-11,13H2,1-2H3,(H2,27,28,33). The van der Waals surface area contributed by atoms with E-state index in [-0.39, 0.29) is 6.61 Å². The number of carbonyl (C=O) groups is 1. The molecule has 1 aromatic carbocycles. The highest BCUT2D eigenvalue weighted by Crippen LogP contribution is 2.31. The van der Waals surface area contributed by atoms with E-state index in [9.17, 15) is 18.0 Å². The summed E-state index contributed by atoms with van der Waals surface area (Å²) in [6, 6.07) is 12.7. The van der Waals surface area contributed by atoms with Gasteiger partial charge in [-0.25, -0.2) is 4.79 Å². The number of nitrogens with one attached hydrogen (secondary N) is 2. The summed E-state index contributed by atoms with van der Waals surface area (Å²) < 4.78 is 44.9. The van der Waals surface area contributed by atoms with Crippen LogP contribution in [0.25, 0.3) is 0 Å². The van der Waals surface area contributed by atoms with Crippen molar-refractivity contribution < 1.29 is 22.7 Å². The smallest absolute Gasteiger partial charge is 0.435 e. The van der Waals surface area contributed by atoms with Crippen LogP contribution in [0, 0.1) is 6.92 Å². The Balaban J connectivity index is 1.58. The van der Waals surface area contributed by atoms with E-state index >= 15 is 0 Å². The van der Waals surface area contributed by atoms with E-state index in [1.54, 1.807) is 19.9 Å². The topological polar surface area (TPSA) is 68.2 Å². The number of anilines is 1. The van der Waals surface area contributed by atoms with E-state index in [2.05, 4.69) is 15.7 Å². The maximum atomic E-state index is 12.8. The van der Waals surface area contributed by atoms with Gasteiger partial charge in [0.05, 0.1) is 12.2 Å². The molecule has 0 saturated heterocycles. The molecule has 0 atom stereocenters. The second kappa shape index (κ2) is 11.5. The van der Waals surface area contributed by atoms with Gasteiger partial charge < -0.3 is 15.4 Å². The summed E-state index contributed by atoms with van der Waals surface area (Å²) in [6.07, 6.45) is -3.28. The Morgan fingerprint density at radius 1 is 1.24 bits per heavy atom. The molecule has 0 amide bonds. The first-order valence-corrected chi connectivity index (χ1v) is 11.9. The summed E-state index contributed by atoms with van der Waals surface area (Å²) in [4.78, 5) is 13.4. The van der Waals surface area contributed by atoms with Crippen molar-refractivity contribution in [3.63, 3.8) is 0 Å². The number of ether oxygens (including phenoxy) is 1. The Labute approximate surface area is 205 Å². The van der Waals surface area contributed by atoms with Gasteiger partial charge in [-0.3, -0.25) is 4.68 Å². The molecule has 0 aliphatic heterocycles. The average molecular weight is 511 g/mol. The van der Waals surface area contributed by atoms with Crippen molar-refractivity contribution in [1.82, 2.24) is 15.1 Å². The molecule has 0 aliphatic carbocycles. The number of benzene rings is 1. The maximum absolute atomic E-state index is 12.8. The Hall–Kier alpha value is -2.92. The number of aryl methyl sites for hydroxylation is 2. The number of carbonyl (C=O) groups excluding carboxylic acids is 1. The molecule has 182 valence electrons. The number of hydrogen-bond donors (Lipinski definition) is 2. The largest absolute Gasteiger partial charge is 0.462 e. The Bertz CT molecular complexity index is 1130. The number of esters is 1. The molecular weight excluding hydrogens is 485 g/mol. The van der Waals surface area contributed by atoms with Gasteiger partial charge in [0.25, 0.3) is 0 Å². The first-order valence-electron chi connectivity index (χ1n) is 10.7. The van der Waals surface area contributed by atoms with Crippen molar-refractivity contribution in [3.05, 3.63) is 69.9 Å². The van der Waals surface area contributed by atoms with Gasteiger partial charge in [0.2, 0.25) is 0 Å². The molecule has 2 heterocycles. The molecule has 0 bridgehead atoms. The van der Waals surface area contributed by atoms with Crippen molar-refractivity contribution >= 4 is 39.6 Å². The van der Waals surface area contributed by atoms with Gasteiger partial charge in [-0.05, 0) is 50.2 Å². The third-order valence-electron chi connectivity index (χ3n) is 4.83. The Kier molecular flexibility index (Phi) is 8.67. The zero-order chi connectivity index (χ0) is 24.7. The predicted molar refractivity (Wildman–Crippen MR) is 130 cm³/mol. The Morgan fingerprint density at radius 2 is 1.97 bits per heavy atom. The lowest BCUT2D eigenvalue weighted by Crippen LogP contribution is -2.30. The minimum atomic E-state index is -4.46. The molecule has 0 spiro atoms. The number of thiocarbonyl (C=S) groups is 1. The first kappa shape index (κ1) is 25.7. The lowest BCUT2D eigenvalue weighted by atomic mass is 10.1. The molecule has 3 aromatic rings. The van der Waals surface area contributed by atoms with Crippen molar-refractivity contribution in [1.29, 1.82) is 0 Å². The number of hydrogen-bond acceptors (Lipinski definition) is 5. The quantitative estimate of drug-likeness (QED) is 0.228. The molecule has 0 radical (unpaired) electrons. The van der Waals surface area contributed by atoms with Crippen LogP contribution in [0.5, 0.6) is 0 Å². The predicted octanol–water partition coefficient (Wildman–Crippen LogP) is 5.42. The number of rotatable bonds is 9. The van der Waals surface area contributed by atoms with Crippen LogP contribution in [0.3, 0.4) is 0 Å². The van der Waals surface area contributed by atoms with Crippen LogP contribution in [0.1, 0.15) is 45.5 Å². The van der Waals surface area contributed by atoms with Crippen molar-refractivity contribution in [3.8, 4) is 0 Å². The second-order valence-electron chi connectivity index (χ2n) is 7.46. The summed E-state index contributed by atoms with van der Waals surface area (Å²) in [5.41, 5.74) is 1.07. The Morgan fingerprint density at radius 3 is 2.62 bits per heavy atom. The van der Waals surface area contributed by atoms with Gasteiger partial charge in [-0.2, -0.15) is 18.3 Å². The number of alkyl halides is 3. The zero-order valence-corrected chi connectivity index (χ0v) is 20.4. The lowest BCUT2D eigenvalue weighted by Gasteiger charge is -2.11. The molecular formula is C23H25F3N4O2S2. The highest BCUT2D eigenvalue weighted by atomic mass is 32.1. The molecule has 34 heavy (non-hydrogen) atoms. The second-order valence-corrected chi connectivity index (χ2v) is 9.01. The molecule has 11 heteroatoms. The molecule has 0 unspecified atom stereocenters. The number of thiophene rings is 1. The fraction of sp³-hybridized carbons (Fsp3) is 0.348. The maximum Gasteiger partial charge on any atom is 0.435 e. The highest BCUT2D eigenvalue weighted by molar-refractivity contribution is 7.80. The van der Waals surface area contributed by atoms with Crippen LogP contribution < -0.4 is 10.6 Å². The lowest BCUT2D eigenvalue weighted by molar-refractivity contribution is -0.141. The van der Waals surface area contributed by atoms with E-state index in [1.165, 1.54) is 16.0 Å². The minimum Gasteiger partial charge on any atom is -0.462 e. The molecule has 6 nitrogen and oxygen atoms in total. The molecule has 3 rings (SSSR count). The molecule has 0 saturated carbocycles. The number of nitrogens with zero attached hydrogens (tertiary/aromatic N) is 2. The first-order chi connectivity index (χ1) is 16.2. The summed E-state index contributed by atoms with van der Waals surface area (Å²) in [7, 11) is 0. The van der Waals surface area contributed by atoms with Gasteiger partial charge in [0.15, 0.2) is 10.8 Å². The van der Waals surface area contributed by atoms with Crippen LogP contribution in [-0.4, -0.2) is 34.0 Å². The molecule has 2 aromatic heterocycles. The summed E-state index contributed by atoms with van der Waals surface area (Å²) in [6.45, 7) is 4.32. The van der Waals surface area contributed by atoms with E-state index in [1.807, 2.05) is 30.3 Å². The van der Waals surface area contributed by atoms with Crippen molar-refractivity contribution in [2.24, 2.45) is 0 Å². The van der Waals surface area contributed by atoms with Gasteiger partial charge in [-0.1, -0.05) is 30.3 Å². The van der Waals surface area contributed by atoms with Gasteiger partial charge in [0, 0.05) is 30.1 Å². The normalized spacial score (nSPS) is 11.3. The van der Waals surface area contributed by atoms with Crippen molar-refractivity contribution in [2.45, 2.75) is 39.4 Å². The SMILES string of the molecule is CCOC(=O)c1cc(Cc2ccccc2)sc1NC(=S)NCCCn1nc(C(F)(F)F)cc1C. The van der Waals surface area contributed by atoms with Crippen LogP contribution in [0.15, 0.2) is 42.5 Å². The van der Waals surface area contributed by atoms with Crippen LogP contribution in [0.2, 0.25) is 0 Å². The summed E-state index contributed by atoms with van der Waals surface area (Å²) in [5, 5.41) is 10.6. The average Bonchev–Trinajstić information content (AvgIpc) is 3.35.